The summed E-state index contributed by atoms with van der Waals surface area (Å²) < 4.78 is 17.1. The Balaban J connectivity index is 1.45. The zero-order chi connectivity index (χ0) is 20.9. The molecule has 2 saturated carbocycles. The number of unbranched alkanes of at least 4 members (excludes halogenated alkanes) is 1. The zero-order valence-corrected chi connectivity index (χ0v) is 17.7. The number of amides is 1. The van der Waals surface area contributed by atoms with Crippen LogP contribution < -0.4 is 10.1 Å². The number of allylic oxidation sites excluding steroid dienone is 1. The van der Waals surface area contributed by atoms with Crippen LogP contribution in [-0.4, -0.2) is 43.7 Å². The second-order valence-corrected chi connectivity index (χ2v) is 8.75. The number of hydrogen-bond acceptors (Lipinski definition) is 5. The van der Waals surface area contributed by atoms with Crippen LogP contribution in [-0.2, 0) is 14.3 Å². The predicted molar refractivity (Wildman–Crippen MR) is 113 cm³/mol. The van der Waals surface area contributed by atoms with Gasteiger partial charge >= 0.3 is 0 Å². The van der Waals surface area contributed by atoms with Gasteiger partial charge in [-0.05, 0) is 67.7 Å². The largest absolute Gasteiger partial charge is 0.497 e. The quantitative estimate of drug-likeness (QED) is 0.604. The van der Waals surface area contributed by atoms with Crippen LogP contribution in [0.4, 0.5) is 0 Å². The highest BCUT2D eigenvalue weighted by molar-refractivity contribution is 5.92. The highest BCUT2D eigenvalue weighted by Gasteiger charge is 2.41. The predicted octanol–water partition coefficient (Wildman–Crippen LogP) is 3.50. The van der Waals surface area contributed by atoms with Crippen LogP contribution in [0.3, 0.4) is 0 Å². The Morgan fingerprint density at radius 3 is 2.67 bits per heavy atom. The molecule has 164 valence electrons. The van der Waals surface area contributed by atoms with Crippen LogP contribution in [0.15, 0.2) is 36.1 Å². The summed E-state index contributed by atoms with van der Waals surface area (Å²) in [6, 6.07) is 8.19. The molecule has 2 fully saturated rings. The van der Waals surface area contributed by atoms with Crippen LogP contribution >= 0.6 is 0 Å². The molecule has 0 aromatic heterocycles. The summed E-state index contributed by atoms with van der Waals surface area (Å²) in [7, 11) is 1.65. The van der Waals surface area contributed by atoms with E-state index in [2.05, 4.69) is 5.32 Å². The van der Waals surface area contributed by atoms with Gasteiger partial charge in [-0.1, -0.05) is 18.6 Å². The van der Waals surface area contributed by atoms with Gasteiger partial charge in [0.15, 0.2) is 5.76 Å². The number of carbonyl (C=O) groups excluding carboxylic acids is 1. The Labute approximate surface area is 178 Å². The first-order valence-electron chi connectivity index (χ1n) is 11.2. The van der Waals surface area contributed by atoms with Crippen LogP contribution in [0.1, 0.15) is 56.4 Å². The lowest BCUT2D eigenvalue weighted by molar-refractivity contribution is -0.147. The van der Waals surface area contributed by atoms with Crippen molar-refractivity contribution in [1.82, 2.24) is 5.32 Å². The number of aliphatic hydroxyl groups is 1. The maximum Gasteiger partial charge on any atom is 0.286 e. The van der Waals surface area contributed by atoms with Gasteiger partial charge in [0.1, 0.15) is 5.75 Å². The first-order chi connectivity index (χ1) is 14.7. The van der Waals surface area contributed by atoms with Crippen LogP contribution in [0.25, 0.3) is 0 Å². The first kappa shape index (κ1) is 21.2. The van der Waals surface area contributed by atoms with E-state index < -0.39 is 6.29 Å². The molecule has 0 radical (unpaired) electrons. The van der Waals surface area contributed by atoms with Gasteiger partial charge in [0.25, 0.3) is 5.91 Å². The summed E-state index contributed by atoms with van der Waals surface area (Å²) in [5.74, 6) is 2.46. The van der Waals surface area contributed by atoms with E-state index in [9.17, 15) is 4.79 Å². The van der Waals surface area contributed by atoms with E-state index in [1.54, 1.807) is 7.11 Å². The number of aliphatic hydroxyl groups excluding tert-OH is 1. The molecule has 1 heterocycles. The van der Waals surface area contributed by atoms with E-state index in [0.717, 1.165) is 30.1 Å². The molecule has 1 amide bonds. The minimum absolute atomic E-state index is 0.0354. The van der Waals surface area contributed by atoms with E-state index in [-0.39, 0.29) is 24.5 Å². The van der Waals surface area contributed by atoms with Crippen molar-refractivity contribution in [3.63, 3.8) is 0 Å². The average molecular weight is 416 g/mol. The molecule has 5 atom stereocenters. The van der Waals surface area contributed by atoms with Crippen LogP contribution in [0.2, 0.25) is 0 Å². The summed E-state index contributed by atoms with van der Waals surface area (Å²) in [6.45, 7) is 0.655. The normalized spacial score (nSPS) is 29.9. The molecule has 2 N–H and O–H groups in total. The molecule has 0 saturated heterocycles. The highest BCUT2D eigenvalue weighted by Crippen LogP contribution is 2.44. The Bertz CT molecular complexity index is 746. The molecule has 2 bridgehead atoms. The summed E-state index contributed by atoms with van der Waals surface area (Å²) in [5, 5.41) is 12.2. The lowest BCUT2D eigenvalue weighted by atomic mass is 9.92. The second-order valence-electron chi connectivity index (χ2n) is 8.75. The molecule has 2 aliphatic carbocycles. The van der Waals surface area contributed by atoms with Crippen LogP contribution in [0, 0.1) is 11.8 Å². The lowest BCUT2D eigenvalue weighted by Gasteiger charge is -2.30. The van der Waals surface area contributed by atoms with Gasteiger partial charge in [-0.2, -0.15) is 0 Å². The van der Waals surface area contributed by atoms with Gasteiger partial charge < -0.3 is 24.6 Å². The molecular weight excluding hydrogens is 382 g/mol. The monoisotopic (exact) mass is 415 g/mol. The first-order valence-corrected chi connectivity index (χ1v) is 11.2. The van der Waals surface area contributed by atoms with E-state index in [4.69, 9.17) is 19.3 Å². The van der Waals surface area contributed by atoms with E-state index in [1.807, 2.05) is 30.3 Å². The molecule has 1 aliphatic heterocycles. The van der Waals surface area contributed by atoms with E-state index in [0.29, 0.717) is 31.1 Å². The third-order valence-corrected chi connectivity index (χ3v) is 6.74. The van der Waals surface area contributed by atoms with Gasteiger partial charge in [0.2, 0.25) is 6.29 Å². The smallest absolute Gasteiger partial charge is 0.286 e. The maximum absolute atomic E-state index is 13.0. The number of rotatable bonds is 9. The number of fused-ring (bicyclic) bond motifs is 2. The molecule has 6 heteroatoms. The van der Waals surface area contributed by atoms with Crippen molar-refractivity contribution in [1.29, 1.82) is 0 Å². The number of carbonyl (C=O) groups is 1. The fourth-order valence-corrected chi connectivity index (χ4v) is 5.09. The topological polar surface area (TPSA) is 77.0 Å². The highest BCUT2D eigenvalue weighted by atomic mass is 16.7. The minimum atomic E-state index is -0.471. The SMILES string of the molecule is COc1ccc([C@H]2C=C(C(=O)NC3CC4CCC3C4)O[C@@H](OCCCCO)C2)cc1. The zero-order valence-electron chi connectivity index (χ0n) is 17.7. The Morgan fingerprint density at radius 1 is 1.17 bits per heavy atom. The molecule has 30 heavy (non-hydrogen) atoms. The molecule has 6 nitrogen and oxygen atoms in total. The Kier molecular flexibility index (Phi) is 6.95. The molecule has 1 aromatic carbocycles. The number of nitrogens with one attached hydrogen (secondary N) is 1. The molecule has 3 unspecified atom stereocenters. The summed E-state index contributed by atoms with van der Waals surface area (Å²) >= 11 is 0. The van der Waals surface area contributed by atoms with Crippen molar-refractivity contribution in [3.05, 3.63) is 41.7 Å². The summed E-state index contributed by atoms with van der Waals surface area (Å²) in [6.07, 6.45) is 8.43. The van der Waals surface area contributed by atoms with Crippen molar-refractivity contribution >= 4 is 5.91 Å². The lowest BCUT2D eigenvalue weighted by Crippen LogP contribution is -2.41. The van der Waals surface area contributed by atoms with Gasteiger partial charge in [0, 0.05) is 25.0 Å². The standard InChI is InChI=1S/C24H33NO5/c1-28-20-8-6-17(7-9-20)19-14-22(30-23(15-19)29-11-3-2-10-26)24(27)25-21-13-16-4-5-18(21)12-16/h6-9,14,16,18-19,21,23,26H,2-5,10-13,15H2,1H3,(H,25,27)/t16?,18?,19-,21?,23+/m0/s1. The average Bonchev–Trinajstić information content (AvgIpc) is 3.40. The fraction of sp³-hybridized carbons (Fsp3) is 0.625. The third kappa shape index (κ3) is 4.98. The number of benzene rings is 1. The second kappa shape index (κ2) is 9.84. The van der Waals surface area contributed by atoms with Crippen molar-refractivity contribution in [2.45, 2.75) is 63.2 Å². The fourth-order valence-electron chi connectivity index (χ4n) is 5.09. The van der Waals surface area contributed by atoms with E-state index >= 15 is 0 Å². The molecule has 1 aromatic rings. The van der Waals surface area contributed by atoms with Gasteiger partial charge in [-0.15, -0.1) is 0 Å². The maximum atomic E-state index is 13.0. The Morgan fingerprint density at radius 2 is 2.00 bits per heavy atom. The van der Waals surface area contributed by atoms with Crippen molar-refractivity contribution < 1.29 is 24.1 Å². The minimum Gasteiger partial charge on any atom is -0.497 e. The third-order valence-electron chi connectivity index (χ3n) is 6.74. The van der Waals surface area contributed by atoms with Crippen LogP contribution in [0.5, 0.6) is 5.75 Å². The van der Waals surface area contributed by atoms with E-state index in [1.165, 1.54) is 19.3 Å². The molecular formula is C24H33NO5. The van der Waals surface area contributed by atoms with Crippen molar-refractivity contribution in [2.24, 2.45) is 11.8 Å². The van der Waals surface area contributed by atoms with Gasteiger partial charge in [-0.25, -0.2) is 0 Å². The number of methoxy groups -OCH3 is 1. The summed E-state index contributed by atoms with van der Waals surface area (Å²) in [4.78, 5) is 13.0. The molecule has 4 rings (SSSR count). The molecule has 0 spiro atoms. The van der Waals surface area contributed by atoms with Crippen molar-refractivity contribution in [2.75, 3.05) is 20.3 Å². The molecule has 3 aliphatic rings. The Hall–Kier alpha value is -2.05. The van der Waals surface area contributed by atoms with Gasteiger partial charge in [0.05, 0.1) is 13.7 Å². The van der Waals surface area contributed by atoms with Gasteiger partial charge in [-0.3, -0.25) is 4.79 Å². The van der Waals surface area contributed by atoms with Crippen molar-refractivity contribution in [3.8, 4) is 5.75 Å². The summed E-state index contributed by atoms with van der Waals surface area (Å²) in [5.41, 5.74) is 1.10. The number of ether oxygens (including phenoxy) is 3. The number of hydrogen-bond donors (Lipinski definition) is 2.